The molecule has 0 spiro atoms. The summed E-state index contributed by atoms with van der Waals surface area (Å²) in [6.45, 7) is 5.24. The van der Waals surface area contributed by atoms with Crippen LogP contribution in [0.15, 0.2) is 36.4 Å². The molecule has 27 heavy (non-hydrogen) atoms. The van der Waals surface area contributed by atoms with Crippen LogP contribution in [0.25, 0.3) is 0 Å². The van der Waals surface area contributed by atoms with Crippen molar-refractivity contribution in [2.45, 2.75) is 32.4 Å². The lowest BCUT2D eigenvalue weighted by atomic mass is 9.95. The Hall–Kier alpha value is -2.40. The summed E-state index contributed by atoms with van der Waals surface area (Å²) in [5, 5.41) is 3.79. The highest BCUT2D eigenvalue weighted by molar-refractivity contribution is 6.30. The van der Waals surface area contributed by atoms with Crippen LogP contribution in [-0.2, 0) is 11.2 Å². The second-order valence-electron chi connectivity index (χ2n) is 7.20. The fraction of sp³-hybridized carbons (Fsp3) is 0.381. The van der Waals surface area contributed by atoms with Crippen molar-refractivity contribution < 1.29 is 19.0 Å². The predicted molar refractivity (Wildman–Crippen MR) is 103 cm³/mol. The molecule has 1 amide bonds. The van der Waals surface area contributed by atoms with Gasteiger partial charge < -0.3 is 19.5 Å². The average molecular weight is 388 g/mol. The third-order valence-corrected chi connectivity index (χ3v) is 5.11. The lowest BCUT2D eigenvalue weighted by Gasteiger charge is -2.26. The van der Waals surface area contributed by atoms with Crippen LogP contribution in [0, 0.1) is 5.92 Å². The Balaban J connectivity index is 1.50. The molecule has 0 fully saturated rings. The van der Waals surface area contributed by atoms with Gasteiger partial charge in [-0.15, -0.1) is 0 Å². The molecule has 6 heteroatoms. The van der Waals surface area contributed by atoms with E-state index in [9.17, 15) is 4.79 Å². The SMILES string of the molecule is CC(C)[C@@H](NC(=O)[C@@H]1Cc2cc(Cl)ccc2O1)c1ccc2c(c1)OCCO2. The van der Waals surface area contributed by atoms with Crippen molar-refractivity contribution in [3.05, 3.63) is 52.5 Å². The smallest absolute Gasteiger partial charge is 0.261 e. The lowest BCUT2D eigenvalue weighted by molar-refractivity contribution is -0.128. The Labute approximate surface area is 163 Å². The van der Waals surface area contributed by atoms with E-state index in [1.165, 1.54) is 0 Å². The molecule has 2 aliphatic heterocycles. The van der Waals surface area contributed by atoms with Crippen molar-refractivity contribution in [1.29, 1.82) is 0 Å². The zero-order chi connectivity index (χ0) is 19.0. The van der Waals surface area contributed by atoms with Gasteiger partial charge in [0.05, 0.1) is 6.04 Å². The van der Waals surface area contributed by atoms with Gasteiger partial charge in [-0.1, -0.05) is 31.5 Å². The Morgan fingerprint density at radius 3 is 2.59 bits per heavy atom. The molecule has 2 heterocycles. The van der Waals surface area contributed by atoms with E-state index < -0.39 is 6.10 Å². The quantitative estimate of drug-likeness (QED) is 0.863. The molecule has 142 valence electrons. The van der Waals surface area contributed by atoms with Crippen LogP contribution in [0.1, 0.15) is 31.0 Å². The van der Waals surface area contributed by atoms with Gasteiger partial charge in [0, 0.05) is 11.4 Å². The van der Waals surface area contributed by atoms with Crippen molar-refractivity contribution >= 4 is 17.5 Å². The van der Waals surface area contributed by atoms with E-state index in [4.69, 9.17) is 25.8 Å². The van der Waals surface area contributed by atoms with Crippen molar-refractivity contribution in [1.82, 2.24) is 5.32 Å². The van der Waals surface area contributed by atoms with Crippen LogP contribution in [0.3, 0.4) is 0 Å². The van der Waals surface area contributed by atoms with Gasteiger partial charge >= 0.3 is 0 Å². The van der Waals surface area contributed by atoms with E-state index in [-0.39, 0.29) is 17.9 Å². The van der Waals surface area contributed by atoms with E-state index in [2.05, 4.69) is 19.2 Å². The van der Waals surface area contributed by atoms with Crippen LogP contribution in [0.2, 0.25) is 5.02 Å². The first-order valence-electron chi connectivity index (χ1n) is 9.16. The highest BCUT2D eigenvalue weighted by Crippen LogP contribution is 2.35. The summed E-state index contributed by atoms with van der Waals surface area (Å²) >= 11 is 6.04. The zero-order valence-corrected chi connectivity index (χ0v) is 16.1. The van der Waals surface area contributed by atoms with E-state index in [0.717, 1.165) is 28.4 Å². The predicted octanol–water partition coefficient (Wildman–Crippen LogP) is 3.93. The first-order valence-corrected chi connectivity index (χ1v) is 9.54. The number of amides is 1. The van der Waals surface area contributed by atoms with Crippen LogP contribution in [-0.4, -0.2) is 25.2 Å². The second-order valence-corrected chi connectivity index (χ2v) is 7.63. The molecule has 2 aromatic carbocycles. The van der Waals surface area contributed by atoms with Gasteiger partial charge in [0.2, 0.25) is 0 Å². The molecule has 0 saturated heterocycles. The molecular weight excluding hydrogens is 366 g/mol. The fourth-order valence-corrected chi connectivity index (χ4v) is 3.69. The molecule has 0 radical (unpaired) electrons. The first kappa shape index (κ1) is 18.0. The molecule has 2 aromatic rings. The molecule has 0 aliphatic carbocycles. The van der Waals surface area contributed by atoms with Gasteiger partial charge in [-0.3, -0.25) is 4.79 Å². The number of hydrogen-bond donors (Lipinski definition) is 1. The molecule has 2 aliphatic rings. The summed E-state index contributed by atoms with van der Waals surface area (Å²) in [6, 6.07) is 11.1. The molecule has 4 rings (SSSR count). The van der Waals surface area contributed by atoms with Crippen LogP contribution >= 0.6 is 11.6 Å². The number of carbonyl (C=O) groups is 1. The Kier molecular flexibility index (Phi) is 4.87. The molecular formula is C21H22ClNO4. The number of benzene rings is 2. The molecule has 1 N–H and O–H groups in total. The summed E-state index contributed by atoms with van der Waals surface area (Å²) in [5.41, 5.74) is 1.95. The summed E-state index contributed by atoms with van der Waals surface area (Å²) < 4.78 is 17.1. The van der Waals surface area contributed by atoms with Crippen molar-refractivity contribution in [3.8, 4) is 17.2 Å². The Morgan fingerprint density at radius 1 is 1.07 bits per heavy atom. The minimum absolute atomic E-state index is 0.129. The number of hydrogen-bond acceptors (Lipinski definition) is 4. The van der Waals surface area contributed by atoms with E-state index >= 15 is 0 Å². The molecule has 0 aromatic heterocycles. The number of fused-ring (bicyclic) bond motifs is 2. The van der Waals surface area contributed by atoms with Crippen molar-refractivity contribution in [2.24, 2.45) is 5.92 Å². The highest BCUT2D eigenvalue weighted by Gasteiger charge is 2.31. The monoisotopic (exact) mass is 387 g/mol. The number of rotatable bonds is 4. The average Bonchev–Trinajstić information content (AvgIpc) is 3.08. The molecule has 5 nitrogen and oxygen atoms in total. The highest BCUT2D eigenvalue weighted by atomic mass is 35.5. The van der Waals surface area contributed by atoms with Gasteiger partial charge in [-0.25, -0.2) is 0 Å². The van der Waals surface area contributed by atoms with E-state index in [1.807, 2.05) is 30.3 Å². The Morgan fingerprint density at radius 2 is 1.81 bits per heavy atom. The van der Waals surface area contributed by atoms with Gasteiger partial charge in [0.25, 0.3) is 5.91 Å². The van der Waals surface area contributed by atoms with Gasteiger partial charge in [-0.05, 0) is 47.4 Å². The largest absolute Gasteiger partial charge is 0.486 e. The lowest BCUT2D eigenvalue weighted by Crippen LogP contribution is -2.41. The van der Waals surface area contributed by atoms with E-state index in [1.54, 1.807) is 6.07 Å². The van der Waals surface area contributed by atoms with Gasteiger partial charge in [0.15, 0.2) is 17.6 Å². The molecule has 2 atom stereocenters. The van der Waals surface area contributed by atoms with Crippen LogP contribution in [0.4, 0.5) is 0 Å². The topological polar surface area (TPSA) is 56.8 Å². The summed E-state index contributed by atoms with van der Waals surface area (Å²) in [5.74, 6) is 2.26. The minimum Gasteiger partial charge on any atom is -0.486 e. The summed E-state index contributed by atoms with van der Waals surface area (Å²) in [7, 11) is 0. The Bertz CT molecular complexity index is 867. The van der Waals surface area contributed by atoms with Crippen LogP contribution in [0.5, 0.6) is 17.2 Å². The maximum atomic E-state index is 12.9. The standard InChI is InChI=1S/C21H22ClNO4/c1-12(2)20(13-3-5-17-18(10-13)26-8-7-25-17)23-21(24)19-11-14-9-15(22)4-6-16(14)27-19/h3-6,9-10,12,19-20H,7-8,11H2,1-2H3,(H,23,24)/t19-,20+/m0/s1. The minimum atomic E-state index is -0.545. The third kappa shape index (κ3) is 3.69. The van der Waals surface area contributed by atoms with Gasteiger partial charge in [0.1, 0.15) is 19.0 Å². The normalized spacial score (nSPS) is 18.6. The maximum absolute atomic E-state index is 12.9. The van der Waals surface area contributed by atoms with E-state index in [0.29, 0.717) is 24.7 Å². The van der Waals surface area contributed by atoms with Gasteiger partial charge in [-0.2, -0.15) is 0 Å². The summed E-state index contributed by atoms with van der Waals surface area (Å²) in [4.78, 5) is 12.9. The number of halogens is 1. The molecule has 0 saturated carbocycles. The van der Waals surface area contributed by atoms with Crippen molar-refractivity contribution in [2.75, 3.05) is 13.2 Å². The van der Waals surface area contributed by atoms with Crippen LogP contribution < -0.4 is 19.5 Å². The van der Waals surface area contributed by atoms with Crippen molar-refractivity contribution in [3.63, 3.8) is 0 Å². The second kappa shape index (κ2) is 7.31. The summed E-state index contributed by atoms with van der Waals surface area (Å²) in [6.07, 6.45) is -0.0230. The maximum Gasteiger partial charge on any atom is 0.261 e. The third-order valence-electron chi connectivity index (χ3n) is 4.88. The number of ether oxygens (including phenoxy) is 3. The molecule has 0 bridgehead atoms. The molecule has 0 unspecified atom stereocenters. The zero-order valence-electron chi connectivity index (χ0n) is 15.3. The number of nitrogens with one attached hydrogen (secondary N) is 1. The first-order chi connectivity index (χ1) is 13.0. The fourth-order valence-electron chi connectivity index (χ4n) is 3.50. The number of carbonyl (C=O) groups excluding carboxylic acids is 1.